The van der Waals surface area contributed by atoms with E-state index in [-0.39, 0.29) is 0 Å². The average molecular weight is 293 g/mol. The number of anilines is 1. The summed E-state index contributed by atoms with van der Waals surface area (Å²) < 4.78 is 0. The van der Waals surface area contributed by atoms with Gasteiger partial charge in [0.05, 0.1) is 0 Å². The summed E-state index contributed by atoms with van der Waals surface area (Å²) in [5.74, 6) is 1.70. The minimum absolute atomic E-state index is 0.781. The van der Waals surface area contributed by atoms with Crippen molar-refractivity contribution in [2.24, 2.45) is 5.92 Å². The molecule has 0 amide bonds. The summed E-state index contributed by atoms with van der Waals surface area (Å²) in [6.07, 6.45) is 6.48. The first-order valence-electron chi connectivity index (χ1n) is 8.55. The summed E-state index contributed by atoms with van der Waals surface area (Å²) >= 11 is 0. The van der Waals surface area contributed by atoms with Crippen LogP contribution in [-0.2, 0) is 6.42 Å². The maximum atomic E-state index is 5.89. The number of rotatable bonds is 3. The molecule has 1 aliphatic rings. The van der Waals surface area contributed by atoms with Crippen LogP contribution in [0.4, 0.5) is 5.69 Å². The van der Waals surface area contributed by atoms with Gasteiger partial charge < -0.3 is 5.73 Å². The molecule has 1 saturated carbocycles. The van der Waals surface area contributed by atoms with Gasteiger partial charge in [-0.15, -0.1) is 0 Å². The van der Waals surface area contributed by atoms with E-state index in [1.807, 2.05) is 6.07 Å². The molecule has 0 aromatic heterocycles. The van der Waals surface area contributed by atoms with Gasteiger partial charge in [0.25, 0.3) is 0 Å². The smallest absolute Gasteiger partial charge is 0.0343 e. The van der Waals surface area contributed by atoms with Gasteiger partial charge in [-0.25, -0.2) is 0 Å². The molecule has 116 valence electrons. The van der Waals surface area contributed by atoms with E-state index in [4.69, 9.17) is 5.73 Å². The van der Waals surface area contributed by atoms with Gasteiger partial charge in [0.15, 0.2) is 0 Å². The van der Waals surface area contributed by atoms with Crippen LogP contribution in [0.5, 0.6) is 0 Å². The first kappa shape index (κ1) is 15.1. The molecule has 0 atom stereocenters. The fraction of sp³-hybridized carbons (Fsp3) is 0.429. The molecule has 0 spiro atoms. The molecule has 0 saturated heterocycles. The monoisotopic (exact) mass is 293 g/mol. The molecule has 1 aliphatic carbocycles. The van der Waals surface area contributed by atoms with Gasteiger partial charge in [-0.1, -0.05) is 56.2 Å². The lowest BCUT2D eigenvalue weighted by Crippen LogP contribution is -2.10. The fourth-order valence-corrected chi connectivity index (χ4v) is 3.58. The molecule has 0 unspecified atom stereocenters. The Morgan fingerprint density at radius 1 is 0.909 bits per heavy atom. The molecule has 1 heteroatoms. The zero-order chi connectivity index (χ0) is 15.5. The van der Waals surface area contributed by atoms with Gasteiger partial charge in [-0.05, 0) is 66.3 Å². The van der Waals surface area contributed by atoms with E-state index in [2.05, 4.69) is 50.2 Å². The Balaban J connectivity index is 1.67. The molecule has 0 bridgehead atoms. The van der Waals surface area contributed by atoms with Crippen molar-refractivity contribution >= 4 is 5.69 Å². The van der Waals surface area contributed by atoms with E-state index < -0.39 is 0 Å². The van der Waals surface area contributed by atoms with E-state index in [1.165, 1.54) is 47.9 Å². The van der Waals surface area contributed by atoms with Crippen molar-refractivity contribution < 1.29 is 0 Å². The normalized spacial score (nSPS) is 21.7. The Morgan fingerprint density at radius 2 is 1.55 bits per heavy atom. The SMILES string of the molecule is Cc1cc(Cc2ccc(C3CCC(C)CC3)cc2)ccc1N. The van der Waals surface area contributed by atoms with Crippen LogP contribution in [0, 0.1) is 12.8 Å². The van der Waals surface area contributed by atoms with Gasteiger partial charge in [0, 0.05) is 5.69 Å². The van der Waals surface area contributed by atoms with Crippen LogP contribution in [0.2, 0.25) is 0 Å². The van der Waals surface area contributed by atoms with Gasteiger partial charge in [-0.3, -0.25) is 0 Å². The lowest BCUT2D eigenvalue weighted by Gasteiger charge is -2.26. The summed E-state index contributed by atoms with van der Waals surface area (Å²) in [6.45, 7) is 4.46. The molecule has 22 heavy (non-hydrogen) atoms. The standard InChI is InChI=1S/C21H27N/c1-15-3-8-19(9-4-15)20-10-5-17(6-11-20)14-18-7-12-21(22)16(2)13-18/h5-7,10-13,15,19H,3-4,8-9,14,22H2,1-2H3. The van der Waals surface area contributed by atoms with Crippen molar-refractivity contribution in [1.82, 2.24) is 0 Å². The van der Waals surface area contributed by atoms with Gasteiger partial charge in [0.2, 0.25) is 0 Å². The zero-order valence-corrected chi connectivity index (χ0v) is 13.8. The number of benzene rings is 2. The molecular formula is C21H27N. The predicted molar refractivity (Wildman–Crippen MR) is 95.2 cm³/mol. The summed E-state index contributed by atoms with van der Waals surface area (Å²) in [5.41, 5.74) is 12.2. The van der Waals surface area contributed by atoms with E-state index in [9.17, 15) is 0 Å². The second-order valence-corrected chi connectivity index (χ2v) is 7.07. The molecule has 2 aromatic carbocycles. The van der Waals surface area contributed by atoms with E-state index in [0.29, 0.717) is 0 Å². The summed E-state index contributed by atoms with van der Waals surface area (Å²) in [7, 11) is 0. The average Bonchev–Trinajstić information content (AvgIpc) is 2.53. The van der Waals surface area contributed by atoms with Gasteiger partial charge in [0.1, 0.15) is 0 Å². The van der Waals surface area contributed by atoms with Gasteiger partial charge in [-0.2, -0.15) is 0 Å². The Hall–Kier alpha value is -1.76. The highest BCUT2D eigenvalue weighted by Gasteiger charge is 2.19. The molecular weight excluding hydrogens is 266 g/mol. The lowest BCUT2D eigenvalue weighted by molar-refractivity contribution is 0.348. The first-order chi connectivity index (χ1) is 10.6. The number of aryl methyl sites for hydroxylation is 1. The van der Waals surface area contributed by atoms with Crippen LogP contribution in [-0.4, -0.2) is 0 Å². The second kappa shape index (κ2) is 6.56. The molecule has 3 rings (SSSR count). The van der Waals surface area contributed by atoms with Crippen molar-refractivity contribution in [3.8, 4) is 0 Å². The van der Waals surface area contributed by atoms with E-state index >= 15 is 0 Å². The van der Waals surface area contributed by atoms with Crippen molar-refractivity contribution in [2.45, 2.75) is 51.9 Å². The van der Waals surface area contributed by atoms with E-state index in [0.717, 1.165) is 23.9 Å². The Bertz CT molecular complexity index is 619. The third-order valence-corrected chi connectivity index (χ3v) is 5.21. The van der Waals surface area contributed by atoms with Crippen LogP contribution in [0.25, 0.3) is 0 Å². The lowest BCUT2D eigenvalue weighted by atomic mass is 9.79. The third-order valence-electron chi connectivity index (χ3n) is 5.21. The van der Waals surface area contributed by atoms with Crippen LogP contribution >= 0.6 is 0 Å². The van der Waals surface area contributed by atoms with Crippen LogP contribution < -0.4 is 5.73 Å². The van der Waals surface area contributed by atoms with Gasteiger partial charge >= 0.3 is 0 Å². The zero-order valence-electron chi connectivity index (χ0n) is 13.8. The minimum Gasteiger partial charge on any atom is -0.399 e. The van der Waals surface area contributed by atoms with Crippen molar-refractivity contribution in [1.29, 1.82) is 0 Å². The summed E-state index contributed by atoms with van der Waals surface area (Å²) in [4.78, 5) is 0. The molecule has 1 nitrogen and oxygen atoms in total. The predicted octanol–water partition coefficient (Wildman–Crippen LogP) is 5.46. The topological polar surface area (TPSA) is 26.0 Å². The Morgan fingerprint density at radius 3 is 2.18 bits per heavy atom. The van der Waals surface area contributed by atoms with Crippen molar-refractivity contribution in [3.05, 3.63) is 64.7 Å². The molecule has 0 aliphatic heterocycles. The Kier molecular flexibility index (Phi) is 4.52. The van der Waals surface area contributed by atoms with Crippen molar-refractivity contribution in [3.63, 3.8) is 0 Å². The minimum atomic E-state index is 0.781. The molecule has 0 radical (unpaired) electrons. The third kappa shape index (κ3) is 3.52. The second-order valence-electron chi connectivity index (χ2n) is 7.07. The number of hydrogen-bond acceptors (Lipinski definition) is 1. The molecule has 1 fully saturated rings. The molecule has 2 aromatic rings. The first-order valence-corrected chi connectivity index (χ1v) is 8.55. The molecule has 2 N–H and O–H groups in total. The Labute approximate surface area is 134 Å². The highest BCUT2D eigenvalue weighted by molar-refractivity contribution is 5.48. The molecule has 0 heterocycles. The highest BCUT2D eigenvalue weighted by Crippen LogP contribution is 2.35. The highest BCUT2D eigenvalue weighted by atomic mass is 14.5. The van der Waals surface area contributed by atoms with Crippen LogP contribution in [0.15, 0.2) is 42.5 Å². The van der Waals surface area contributed by atoms with Crippen LogP contribution in [0.1, 0.15) is 60.8 Å². The number of hydrogen-bond donors (Lipinski definition) is 1. The summed E-state index contributed by atoms with van der Waals surface area (Å²) in [6, 6.07) is 15.7. The van der Waals surface area contributed by atoms with Crippen LogP contribution in [0.3, 0.4) is 0 Å². The quantitative estimate of drug-likeness (QED) is 0.747. The largest absolute Gasteiger partial charge is 0.399 e. The maximum absolute atomic E-state index is 5.89. The summed E-state index contributed by atoms with van der Waals surface area (Å²) in [5, 5.41) is 0. The fourth-order valence-electron chi connectivity index (χ4n) is 3.58. The maximum Gasteiger partial charge on any atom is 0.0343 e. The number of nitrogens with two attached hydrogens (primary N) is 1. The van der Waals surface area contributed by atoms with Crippen molar-refractivity contribution in [2.75, 3.05) is 5.73 Å². The number of nitrogen functional groups attached to an aromatic ring is 1. The van der Waals surface area contributed by atoms with E-state index in [1.54, 1.807) is 0 Å².